The summed E-state index contributed by atoms with van der Waals surface area (Å²) in [6.07, 6.45) is 7.10. The molecule has 1 atom stereocenters. The molecule has 2 aromatic heterocycles. The number of benzene rings is 1. The highest BCUT2D eigenvalue weighted by atomic mass is 19.1. The predicted molar refractivity (Wildman–Crippen MR) is 110 cm³/mol. The Morgan fingerprint density at radius 1 is 1.17 bits per heavy atom. The van der Waals surface area contributed by atoms with Gasteiger partial charge in [-0.05, 0) is 55.2 Å². The van der Waals surface area contributed by atoms with E-state index in [9.17, 15) is 14.0 Å². The van der Waals surface area contributed by atoms with E-state index in [4.69, 9.17) is 5.73 Å². The van der Waals surface area contributed by atoms with Crippen LogP contribution in [-0.4, -0.2) is 43.9 Å². The van der Waals surface area contributed by atoms with Crippen LogP contribution < -0.4 is 5.73 Å². The van der Waals surface area contributed by atoms with Crippen LogP contribution in [-0.2, 0) is 11.2 Å². The number of carbonyl (C=O) groups is 2. The van der Waals surface area contributed by atoms with Gasteiger partial charge in [0.2, 0.25) is 5.91 Å². The molecule has 0 radical (unpaired) electrons. The van der Waals surface area contributed by atoms with Crippen molar-refractivity contribution in [2.24, 2.45) is 0 Å². The SMILES string of the molecule is Nc1c(C(=O)C2CCCN2C(=O)CCc2cccnc2)cnn1-c1ccc(F)cc1. The van der Waals surface area contributed by atoms with E-state index >= 15 is 0 Å². The highest BCUT2D eigenvalue weighted by Gasteiger charge is 2.35. The predicted octanol–water partition coefficient (Wildman–Crippen LogP) is 2.80. The van der Waals surface area contributed by atoms with Crippen LogP contribution in [0.3, 0.4) is 0 Å². The van der Waals surface area contributed by atoms with Crippen LogP contribution in [0.25, 0.3) is 5.69 Å². The largest absolute Gasteiger partial charge is 0.383 e. The van der Waals surface area contributed by atoms with E-state index in [1.807, 2.05) is 12.1 Å². The lowest BCUT2D eigenvalue weighted by atomic mass is 10.0. The fraction of sp³-hybridized carbons (Fsp3) is 0.273. The molecule has 7 nitrogen and oxygen atoms in total. The molecule has 154 valence electrons. The summed E-state index contributed by atoms with van der Waals surface area (Å²) in [7, 11) is 0. The molecule has 3 heterocycles. The summed E-state index contributed by atoms with van der Waals surface area (Å²) in [4.78, 5) is 31.6. The first kappa shape index (κ1) is 19.8. The van der Waals surface area contributed by atoms with Crippen molar-refractivity contribution >= 4 is 17.5 Å². The number of pyridine rings is 1. The maximum Gasteiger partial charge on any atom is 0.223 e. The number of rotatable bonds is 6. The number of nitrogens with zero attached hydrogens (tertiary/aromatic N) is 4. The molecule has 3 aromatic rings. The second kappa shape index (κ2) is 8.44. The third-order valence-electron chi connectivity index (χ3n) is 5.37. The van der Waals surface area contributed by atoms with E-state index in [0.717, 1.165) is 12.0 Å². The lowest BCUT2D eigenvalue weighted by Gasteiger charge is -2.23. The number of nitrogen functional groups attached to an aromatic ring is 1. The molecule has 0 saturated carbocycles. The number of hydrogen-bond donors (Lipinski definition) is 1. The van der Waals surface area contributed by atoms with Crippen LogP contribution in [0.1, 0.15) is 35.2 Å². The number of amides is 1. The number of nitrogens with two attached hydrogens (primary N) is 1. The van der Waals surface area contributed by atoms with Crippen molar-refractivity contribution in [1.82, 2.24) is 19.7 Å². The molecule has 0 bridgehead atoms. The number of anilines is 1. The Balaban J connectivity index is 1.48. The molecule has 1 aliphatic heterocycles. The average Bonchev–Trinajstić information content (AvgIpc) is 3.40. The van der Waals surface area contributed by atoms with Gasteiger partial charge in [-0.25, -0.2) is 9.07 Å². The Hall–Kier alpha value is -3.55. The molecule has 0 aliphatic carbocycles. The maximum atomic E-state index is 13.2. The number of aryl methyl sites for hydroxylation is 1. The second-order valence-electron chi connectivity index (χ2n) is 7.30. The third-order valence-corrected chi connectivity index (χ3v) is 5.37. The number of aromatic nitrogens is 3. The van der Waals surface area contributed by atoms with Crippen LogP contribution in [0.2, 0.25) is 0 Å². The van der Waals surface area contributed by atoms with Crippen molar-refractivity contribution in [2.75, 3.05) is 12.3 Å². The van der Waals surface area contributed by atoms with Gasteiger partial charge in [0.25, 0.3) is 0 Å². The Labute approximate surface area is 173 Å². The van der Waals surface area contributed by atoms with Crippen molar-refractivity contribution in [2.45, 2.75) is 31.7 Å². The van der Waals surface area contributed by atoms with Gasteiger partial charge >= 0.3 is 0 Å². The number of Topliss-reactive ketones (excluding diaryl/α,β-unsaturated/α-hetero) is 1. The summed E-state index contributed by atoms with van der Waals surface area (Å²) in [5.74, 6) is -0.458. The lowest BCUT2D eigenvalue weighted by Crippen LogP contribution is -2.40. The minimum Gasteiger partial charge on any atom is -0.383 e. The topological polar surface area (TPSA) is 94.1 Å². The molecule has 0 spiro atoms. The normalized spacial score (nSPS) is 16.0. The van der Waals surface area contributed by atoms with E-state index in [1.165, 1.54) is 35.1 Å². The fourth-order valence-electron chi connectivity index (χ4n) is 3.79. The summed E-state index contributed by atoms with van der Waals surface area (Å²) in [5.41, 5.74) is 7.99. The zero-order chi connectivity index (χ0) is 21.1. The van der Waals surface area contributed by atoms with Gasteiger partial charge in [0.1, 0.15) is 11.6 Å². The van der Waals surface area contributed by atoms with Crippen LogP contribution in [0.5, 0.6) is 0 Å². The number of carbonyl (C=O) groups excluding carboxylic acids is 2. The smallest absolute Gasteiger partial charge is 0.223 e. The van der Waals surface area contributed by atoms with Crippen molar-refractivity contribution in [3.8, 4) is 5.69 Å². The third kappa shape index (κ3) is 3.94. The molecule has 30 heavy (non-hydrogen) atoms. The summed E-state index contributed by atoms with van der Waals surface area (Å²) >= 11 is 0. The molecular weight excluding hydrogens is 385 g/mol. The van der Waals surface area contributed by atoms with E-state index in [1.54, 1.807) is 17.3 Å². The molecule has 1 aromatic carbocycles. The van der Waals surface area contributed by atoms with Gasteiger partial charge in [-0.15, -0.1) is 0 Å². The molecule has 8 heteroatoms. The van der Waals surface area contributed by atoms with Crippen molar-refractivity contribution < 1.29 is 14.0 Å². The van der Waals surface area contributed by atoms with Crippen LogP contribution in [0.15, 0.2) is 55.0 Å². The number of halogens is 1. The minimum absolute atomic E-state index is 0.0563. The molecule has 1 fully saturated rings. The number of hydrogen-bond acceptors (Lipinski definition) is 5. The van der Waals surface area contributed by atoms with Crippen LogP contribution >= 0.6 is 0 Å². The van der Waals surface area contributed by atoms with Gasteiger partial charge in [0.15, 0.2) is 5.78 Å². The zero-order valence-electron chi connectivity index (χ0n) is 16.4. The summed E-state index contributed by atoms with van der Waals surface area (Å²) in [6, 6.07) is 8.91. The first-order valence-corrected chi connectivity index (χ1v) is 9.86. The van der Waals surface area contributed by atoms with E-state index < -0.39 is 6.04 Å². The first-order valence-electron chi connectivity index (χ1n) is 9.86. The molecule has 1 amide bonds. The van der Waals surface area contributed by atoms with Crippen LogP contribution in [0, 0.1) is 5.82 Å². The Morgan fingerprint density at radius 2 is 1.97 bits per heavy atom. The molecule has 2 N–H and O–H groups in total. The lowest BCUT2D eigenvalue weighted by molar-refractivity contribution is -0.131. The second-order valence-corrected chi connectivity index (χ2v) is 7.30. The van der Waals surface area contributed by atoms with Crippen molar-refractivity contribution in [3.63, 3.8) is 0 Å². The summed E-state index contributed by atoms with van der Waals surface area (Å²) in [5, 5.41) is 4.19. The molecule has 1 aliphatic rings. The molecule has 4 rings (SSSR count). The van der Waals surface area contributed by atoms with Gasteiger partial charge in [0, 0.05) is 25.4 Å². The zero-order valence-corrected chi connectivity index (χ0v) is 16.4. The average molecular weight is 407 g/mol. The van der Waals surface area contributed by atoms with E-state index in [0.29, 0.717) is 31.5 Å². The summed E-state index contributed by atoms with van der Waals surface area (Å²) < 4.78 is 14.6. The quantitative estimate of drug-likeness (QED) is 0.634. The first-order chi connectivity index (χ1) is 14.5. The fourth-order valence-corrected chi connectivity index (χ4v) is 3.79. The minimum atomic E-state index is -0.542. The highest BCUT2D eigenvalue weighted by molar-refractivity contribution is 6.05. The number of ketones is 1. The Bertz CT molecular complexity index is 1050. The van der Waals surface area contributed by atoms with Crippen molar-refractivity contribution in [1.29, 1.82) is 0 Å². The maximum absolute atomic E-state index is 13.2. The van der Waals surface area contributed by atoms with Gasteiger partial charge in [-0.3, -0.25) is 14.6 Å². The van der Waals surface area contributed by atoms with Gasteiger partial charge in [-0.2, -0.15) is 5.10 Å². The monoisotopic (exact) mass is 407 g/mol. The molecule has 1 unspecified atom stereocenters. The van der Waals surface area contributed by atoms with Crippen molar-refractivity contribution in [3.05, 3.63) is 71.9 Å². The molecular formula is C22H22FN5O2. The number of likely N-dealkylation sites (tertiary alicyclic amines) is 1. The van der Waals surface area contributed by atoms with Gasteiger partial charge in [0.05, 0.1) is 23.5 Å². The Morgan fingerprint density at radius 3 is 2.70 bits per heavy atom. The van der Waals surface area contributed by atoms with Crippen LogP contribution in [0.4, 0.5) is 10.2 Å². The highest BCUT2D eigenvalue weighted by Crippen LogP contribution is 2.26. The van der Waals surface area contributed by atoms with E-state index in [-0.39, 0.29) is 28.9 Å². The Kier molecular flexibility index (Phi) is 5.56. The standard InChI is InChI=1S/C22H22FN5O2/c23-16-6-8-17(9-7-16)28-22(24)18(14-26-28)21(30)19-4-2-12-27(19)20(29)10-5-15-3-1-11-25-13-15/h1,3,6-9,11,13-14,19H,2,4-5,10,12,24H2. The molecule has 1 saturated heterocycles. The van der Waals surface area contributed by atoms with E-state index in [2.05, 4.69) is 10.1 Å². The summed E-state index contributed by atoms with van der Waals surface area (Å²) in [6.45, 7) is 0.550. The van der Waals surface area contributed by atoms with Gasteiger partial charge < -0.3 is 10.6 Å². The van der Waals surface area contributed by atoms with Gasteiger partial charge in [-0.1, -0.05) is 6.07 Å².